The molecule has 0 bridgehead atoms. The smallest absolute Gasteiger partial charge is 0.308 e. The Kier molecular flexibility index (Phi) is 5.05. The topological polar surface area (TPSA) is 82.6 Å². The number of anilines is 1. The highest BCUT2D eigenvalue weighted by atomic mass is 19.1. The lowest BCUT2D eigenvalue weighted by molar-refractivity contribution is -0.164. The summed E-state index contributed by atoms with van der Waals surface area (Å²) in [5.74, 6) is 0.136. The molecule has 150 valence electrons. The molecular formula is C20H24FN3O4. The number of carbonyl (C=O) groups excluding carboxylic acids is 1. The first-order valence-corrected chi connectivity index (χ1v) is 9.46. The van der Waals surface area contributed by atoms with E-state index in [1.165, 1.54) is 20.5 Å². The van der Waals surface area contributed by atoms with Crippen LogP contribution in [0.2, 0.25) is 0 Å². The maximum Gasteiger partial charge on any atom is 0.308 e. The monoisotopic (exact) mass is 389 g/mol. The highest BCUT2D eigenvalue weighted by molar-refractivity contribution is 5.90. The van der Waals surface area contributed by atoms with Gasteiger partial charge in [0.25, 0.3) is 0 Å². The number of hydrogen-bond acceptors (Lipinski definition) is 7. The molecule has 8 heteroatoms. The third-order valence-electron chi connectivity index (χ3n) is 5.94. The zero-order valence-electron chi connectivity index (χ0n) is 16.0. The summed E-state index contributed by atoms with van der Waals surface area (Å²) in [6, 6.07) is 3.32. The molecule has 2 aromatic rings. The predicted octanol–water partition coefficient (Wildman–Crippen LogP) is 2.94. The fraction of sp³-hybridized carbons (Fsp3) is 0.550. The summed E-state index contributed by atoms with van der Waals surface area (Å²) in [5.41, 5.74) is 0.347. The van der Waals surface area contributed by atoms with Gasteiger partial charge in [0.1, 0.15) is 17.7 Å². The zero-order chi connectivity index (χ0) is 19.7. The Labute approximate surface area is 162 Å². The van der Waals surface area contributed by atoms with Gasteiger partial charge in [-0.15, -0.1) is 0 Å². The number of ether oxygens (including phenoxy) is 3. The molecule has 2 fully saturated rings. The molecule has 7 nitrogen and oxygen atoms in total. The van der Waals surface area contributed by atoms with E-state index in [1.807, 2.05) is 0 Å². The van der Waals surface area contributed by atoms with Gasteiger partial charge in [0, 0.05) is 11.9 Å². The summed E-state index contributed by atoms with van der Waals surface area (Å²) >= 11 is 0. The first-order valence-electron chi connectivity index (χ1n) is 9.46. The maximum atomic E-state index is 14.4. The van der Waals surface area contributed by atoms with Crippen molar-refractivity contribution in [2.75, 3.05) is 32.7 Å². The molecule has 1 aromatic carbocycles. The summed E-state index contributed by atoms with van der Waals surface area (Å²) in [7, 11) is 2.86. The fourth-order valence-corrected chi connectivity index (χ4v) is 4.31. The van der Waals surface area contributed by atoms with E-state index in [4.69, 9.17) is 14.2 Å². The molecule has 1 saturated carbocycles. The van der Waals surface area contributed by atoms with Gasteiger partial charge in [0.05, 0.1) is 32.8 Å². The van der Waals surface area contributed by atoms with Crippen molar-refractivity contribution in [2.45, 2.75) is 31.8 Å². The number of nitrogens with zero attached hydrogens (tertiary/aromatic N) is 2. The third-order valence-corrected chi connectivity index (χ3v) is 5.94. The number of carbonyl (C=O) groups is 1. The van der Waals surface area contributed by atoms with Crippen LogP contribution in [0.1, 0.15) is 25.7 Å². The molecule has 1 spiro atoms. The Bertz CT molecular complexity index is 875. The molecule has 1 saturated heterocycles. The number of halogens is 1. The zero-order valence-corrected chi connectivity index (χ0v) is 16.0. The maximum absolute atomic E-state index is 14.4. The molecule has 0 radical (unpaired) electrons. The second kappa shape index (κ2) is 7.50. The molecule has 1 aliphatic heterocycles. The molecule has 1 aromatic heterocycles. The number of rotatable bonds is 5. The first-order chi connectivity index (χ1) is 13.5. The van der Waals surface area contributed by atoms with Crippen molar-refractivity contribution in [3.05, 3.63) is 24.3 Å². The number of nitrogens with one attached hydrogen (secondary N) is 1. The van der Waals surface area contributed by atoms with Crippen LogP contribution in [0.3, 0.4) is 0 Å². The van der Waals surface area contributed by atoms with E-state index in [1.54, 1.807) is 12.1 Å². The van der Waals surface area contributed by atoms with Gasteiger partial charge in [-0.25, -0.2) is 14.4 Å². The fourth-order valence-electron chi connectivity index (χ4n) is 4.31. The van der Waals surface area contributed by atoms with Crippen LogP contribution in [-0.4, -0.2) is 49.4 Å². The van der Waals surface area contributed by atoms with Crippen molar-refractivity contribution in [1.82, 2.24) is 9.97 Å². The molecule has 4 rings (SSSR count). The summed E-state index contributed by atoms with van der Waals surface area (Å²) in [6.45, 7) is 1.24. The van der Waals surface area contributed by atoms with E-state index in [0.717, 1.165) is 25.7 Å². The van der Waals surface area contributed by atoms with Crippen LogP contribution >= 0.6 is 0 Å². The molecule has 1 unspecified atom stereocenters. The molecular weight excluding hydrogens is 365 g/mol. The molecule has 2 heterocycles. The van der Waals surface area contributed by atoms with E-state index in [9.17, 15) is 9.18 Å². The molecule has 1 aliphatic carbocycles. The second-order valence-corrected chi connectivity index (χ2v) is 7.68. The lowest BCUT2D eigenvalue weighted by Crippen LogP contribution is -2.49. The number of fused-ring (bicyclic) bond motifs is 1. The minimum absolute atomic E-state index is 0.0162. The Morgan fingerprint density at radius 1 is 1.36 bits per heavy atom. The number of benzene rings is 1. The van der Waals surface area contributed by atoms with Crippen LogP contribution in [0.25, 0.3) is 10.9 Å². The summed E-state index contributed by atoms with van der Waals surface area (Å²) in [6.07, 6.45) is 5.02. The Hall–Kier alpha value is -2.48. The second-order valence-electron chi connectivity index (χ2n) is 7.68. The number of aromatic nitrogens is 2. The van der Waals surface area contributed by atoms with Crippen LogP contribution in [0.4, 0.5) is 10.2 Å². The van der Waals surface area contributed by atoms with Gasteiger partial charge in [-0.05, 0) is 43.2 Å². The van der Waals surface area contributed by atoms with Crippen LogP contribution in [0.15, 0.2) is 18.5 Å². The first kappa shape index (κ1) is 18.9. The standard InChI is InChI=1S/C20H24FN3O4/c1-26-15-4-3-14-17(16(15)21)23-11-24-18(14)22-9-13-5-6-20(10-28-13)7-12(8-20)19(25)27-2/h3-4,11-13H,5-10H2,1-2H3,(H,22,23,24). The quantitative estimate of drug-likeness (QED) is 0.787. The van der Waals surface area contributed by atoms with Gasteiger partial charge in [-0.2, -0.15) is 0 Å². The Morgan fingerprint density at radius 3 is 2.86 bits per heavy atom. The van der Waals surface area contributed by atoms with Crippen molar-refractivity contribution < 1.29 is 23.4 Å². The average molecular weight is 389 g/mol. The number of methoxy groups -OCH3 is 2. The van der Waals surface area contributed by atoms with Crippen LogP contribution in [0.5, 0.6) is 5.75 Å². The number of hydrogen-bond donors (Lipinski definition) is 1. The van der Waals surface area contributed by atoms with E-state index in [-0.39, 0.29) is 34.7 Å². The number of esters is 1. The van der Waals surface area contributed by atoms with Crippen molar-refractivity contribution in [1.29, 1.82) is 0 Å². The summed E-state index contributed by atoms with van der Waals surface area (Å²) in [4.78, 5) is 19.9. The SMILES string of the molecule is COC(=O)C1CC2(CCC(CNc3ncnc4c(F)c(OC)ccc34)OC2)C1. The highest BCUT2D eigenvalue weighted by Gasteiger charge is 2.49. The molecule has 1 N–H and O–H groups in total. The van der Waals surface area contributed by atoms with Gasteiger partial charge < -0.3 is 19.5 Å². The summed E-state index contributed by atoms with van der Waals surface area (Å²) in [5, 5.41) is 3.87. The van der Waals surface area contributed by atoms with Gasteiger partial charge >= 0.3 is 5.97 Å². The van der Waals surface area contributed by atoms with E-state index < -0.39 is 5.82 Å². The van der Waals surface area contributed by atoms with Crippen molar-refractivity contribution in [2.24, 2.45) is 11.3 Å². The molecule has 0 amide bonds. The van der Waals surface area contributed by atoms with Crippen LogP contribution in [0, 0.1) is 17.2 Å². The van der Waals surface area contributed by atoms with Crippen molar-refractivity contribution in [3.8, 4) is 5.75 Å². The third kappa shape index (κ3) is 3.37. The van der Waals surface area contributed by atoms with Crippen LogP contribution < -0.4 is 10.1 Å². The lowest BCUT2D eigenvalue weighted by atomic mass is 9.59. The predicted molar refractivity (Wildman–Crippen MR) is 101 cm³/mol. The Morgan fingerprint density at radius 2 is 2.18 bits per heavy atom. The van der Waals surface area contributed by atoms with Gasteiger partial charge in [-0.1, -0.05) is 0 Å². The highest BCUT2D eigenvalue weighted by Crippen LogP contribution is 2.51. The average Bonchev–Trinajstić information content (AvgIpc) is 2.71. The minimum atomic E-state index is -0.494. The van der Waals surface area contributed by atoms with Gasteiger partial charge in [0.2, 0.25) is 0 Å². The van der Waals surface area contributed by atoms with E-state index in [2.05, 4.69) is 15.3 Å². The lowest BCUT2D eigenvalue weighted by Gasteiger charge is -2.50. The summed E-state index contributed by atoms with van der Waals surface area (Å²) < 4.78 is 30.3. The normalized spacial score (nSPS) is 26.7. The van der Waals surface area contributed by atoms with E-state index in [0.29, 0.717) is 24.4 Å². The minimum Gasteiger partial charge on any atom is -0.494 e. The van der Waals surface area contributed by atoms with E-state index >= 15 is 0 Å². The Balaban J connectivity index is 1.35. The largest absolute Gasteiger partial charge is 0.494 e. The molecule has 28 heavy (non-hydrogen) atoms. The van der Waals surface area contributed by atoms with Crippen LogP contribution in [-0.2, 0) is 14.3 Å². The van der Waals surface area contributed by atoms with Gasteiger partial charge in [0.15, 0.2) is 11.6 Å². The van der Waals surface area contributed by atoms with Crippen molar-refractivity contribution >= 4 is 22.7 Å². The van der Waals surface area contributed by atoms with Crippen molar-refractivity contribution in [3.63, 3.8) is 0 Å². The molecule has 1 atom stereocenters. The van der Waals surface area contributed by atoms with Gasteiger partial charge in [-0.3, -0.25) is 4.79 Å². The molecule has 2 aliphatic rings.